The summed E-state index contributed by atoms with van der Waals surface area (Å²) in [6.07, 6.45) is 18.0. The molecule has 0 spiro atoms. The minimum absolute atomic E-state index is 0.576. The Hall–Kier alpha value is -1.30. The molecule has 0 radical (unpaired) electrons. The van der Waals surface area contributed by atoms with Gasteiger partial charge < -0.3 is 0 Å². The van der Waals surface area contributed by atoms with Crippen molar-refractivity contribution in [2.24, 2.45) is 5.92 Å². The van der Waals surface area contributed by atoms with Gasteiger partial charge in [-0.3, -0.25) is 0 Å². The van der Waals surface area contributed by atoms with E-state index in [0.717, 1.165) is 12.8 Å². The number of hydrogen-bond donors (Lipinski definition) is 0. The highest BCUT2D eigenvalue weighted by molar-refractivity contribution is 5.46. The Morgan fingerprint density at radius 3 is 2.57 bits per heavy atom. The zero-order chi connectivity index (χ0) is 17.2. The number of hydrogen-bond acceptors (Lipinski definition) is 0. The van der Waals surface area contributed by atoms with Crippen molar-refractivity contribution in [3.63, 3.8) is 0 Å². The molecule has 0 bridgehead atoms. The predicted molar refractivity (Wildman–Crippen MR) is 106 cm³/mol. The van der Waals surface area contributed by atoms with Crippen LogP contribution >= 0.6 is 0 Å². The Labute approximate surface area is 144 Å². The fourth-order valence-electron chi connectivity index (χ4n) is 3.02. The molecule has 0 heteroatoms. The maximum atomic E-state index is 4.29. The van der Waals surface area contributed by atoms with Crippen LogP contribution in [0.2, 0.25) is 0 Å². The second-order valence-corrected chi connectivity index (χ2v) is 7.26. The van der Waals surface area contributed by atoms with E-state index in [1.807, 2.05) is 0 Å². The number of allylic oxidation sites excluding steroid dienone is 9. The van der Waals surface area contributed by atoms with Crippen molar-refractivity contribution < 1.29 is 0 Å². The van der Waals surface area contributed by atoms with Crippen LogP contribution in [0.15, 0.2) is 58.7 Å². The Bertz CT molecular complexity index is 504. The highest BCUT2D eigenvalue weighted by Crippen LogP contribution is 2.31. The lowest BCUT2D eigenvalue weighted by atomic mass is 9.84. The van der Waals surface area contributed by atoms with Crippen LogP contribution in [0.5, 0.6) is 0 Å². The molecule has 0 amide bonds. The van der Waals surface area contributed by atoms with Crippen LogP contribution in [0.25, 0.3) is 0 Å². The van der Waals surface area contributed by atoms with Gasteiger partial charge in [0.15, 0.2) is 0 Å². The van der Waals surface area contributed by atoms with E-state index in [1.165, 1.54) is 54.4 Å². The first-order valence-corrected chi connectivity index (χ1v) is 9.33. The Kier molecular flexibility index (Phi) is 8.99. The molecule has 0 aromatic heterocycles. The van der Waals surface area contributed by atoms with Gasteiger partial charge in [-0.1, -0.05) is 74.3 Å². The van der Waals surface area contributed by atoms with Crippen molar-refractivity contribution in [3.8, 4) is 0 Å². The van der Waals surface area contributed by atoms with E-state index in [1.54, 1.807) is 5.57 Å². The minimum Gasteiger partial charge on any atom is -0.0915 e. The summed E-state index contributed by atoms with van der Waals surface area (Å²) in [6, 6.07) is 0. The molecule has 0 heterocycles. The molecule has 1 unspecified atom stereocenters. The molecule has 0 aromatic carbocycles. The molecule has 1 rings (SSSR count). The lowest BCUT2D eigenvalue weighted by molar-refractivity contribution is 0.668. The largest absolute Gasteiger partial charge is 0.0915 e. The van der Waals surface area contributed by atoms with Gasteiger partial charge in [0.1, 0.15) is 0 Å². The van der Waals surface area contributed by atoms with Crippen molar-refractivity contribution in [2.45, 2.75) is 79.6 Å². The van der Waals surface area contributed by atoms with Crippen molar-refractivity contribution in [1.29, 1.82) is 0 Å². The van der Waals surface area contributed by atoms with Crippen LogP contribution in [0.4, 0.5) is 0 Å². The molecule has 0 N–H and O–H groups in total. The van der Waals surface area contributed by atoms with Crippen molar-refractivity contribution in [1.82, 2.24) is 0 Å². The second-order valence-electron chi connectivity index (χ2n) is 7.26. The summed E-state index contributed by atoms with van der Waals surface area (Å²) in [4.78, 5) is 0. The van der Waals surface area contributed by atoms with Crippen molar-refractivity contribution >= 4 is 0 Å². The summed E-state index contributed by atoms with van der Waals surface area (Å²) < 4.78 is 0. The van der Waals surface area contributed by atoms with E-state index in [9.17, 15) is 0 Å². The number of unbranched alkanes of at least 4 members (excludes halogenated alkanes) is 2. The van der Waals surface area contributed by atoms with Gasteiger partial charge in [0.25, 0.3) is 0 Å². The lowest BCUT2D eigenvalue weighted by Gasteiger charge is -2.21. The highest BCUT2D eigenvalue weighted by Gasteiger charge is 2.14. The maximum Gasteiger partial charge on any atom is -0.00422 e. The van der Waals surface area contributed by atoms with Crippen LogP contribution in [-0.2, 0) is 0 Å². The third-order valence-electron chi connectivity index (χ3n) is 4.64. The molecule has 0 saturated heterocycles. The van der Waals surface area contributed by atoms with Gasteiger partial charge in [0.05, 0.1) is 0 Å². The average molecular weight is 313 g/mol. The molecule has 1 aliphatic rings. The Morgan fingerprint density at radius 1 is 1.17 bits per heavy atom. The quantitative estimate of drug-likeness (QED) is 0.302. The molecule has 0 nitrogen and oxygen atoms in total. The van der Waals surface area contributed by atoms with Gasteiger partial charge in [-0.2, -0.15) is 0 Å². The van der Waals surface area contributed by atoms with E-state index in [0.29, 0.717) is 5.92 Å². The second kappa shape index (κ2) is 10.5. The van der Waals surface area contributed by atoms with Crippen molar-refractivity contribution in [2.75, 3.05) is 0 Å². The average Bonchev–Trinajstić information content (AvgIpc) is 2.48. The highest BCUT2D eigenvalue weighted by atomic mass is 14.2. The molecule has 128 valence electrons. The normalized spacial score (nSPS) is 18.6. The topological polar surface area (TPSA) is 0 Å². The molecule has 0 aromatic rings. The van der Waals surface area contributed by atoms with Gasteiger partial charge in [0.2, 0.25) is 0 Å². The van der Waals surface area contributed by atoms with Gasteiger partial charge in [-0.15, -0.1) is 0 Å². The Balaban J connectivity index is 2.54. The molecule has 23 heavy (non-hydrogen) atoms. The molecule has 1 aliphatic carbocycles. The first-order chi connectivity index (χ1) is 10.9. The summed E-state index contributed by atoms with van der Waals surface area (Å²) in [5.74, 6) is 0.576. The zero-order valence-electron chi connectivity index (χ0n) is 16.0. The summed E-state index contributed by atoms with van der Waals surface area (Å²) in [6.45, 7) is 15.5. The molecule has 0 saturated carbocycles. The fourth-order valence-corrected chi connectivity index (χ4v) is 3.02. The van der Waals surface area contributed by atoms with E-state index >= 15 is 0 Å². The van der Waals surface area contributed by atoms with E-state index < -0.39 is 0 Å². The molecular weight excluding hydrogens is 276 g/mol. The van der Waals surface area contributed by atoms with Crippen LogP contribution in [0.1, 0.15) is 79.6 Å². The third-order valence-corrected chi connectivity index (χ3v) is 4.64. The van der Waals surface area contributed by atoms with E-state index in [-0.39, 0.29) is 0 Å². The first kappa shape index (κ1) is 19.7. The third kappa shape index (κ3) is 7.68. The molecule has 1 atom stereocenters. The molecule has 0 aliphatic heterocycles. The molecular formula is C23H36. The zero-order valence-corrected chi connectivity index (χ0v) is 16.0. The monoisotopic (exact) mass is 312 g/mol. The fraction of sp³-hybridized carbons (Fsp3) is 0.565. The van der Waals surface area contributed by atoms with Crippen LogP contribution < -0.4 is 0 Å². The van der Waals surface area contributed by atoms with Crippen LogP contribution in [0.3, 0.4) is 0 Å². The summed E-state index contributed by atoms with van der Waals surface area (Å²) in [5.41, 5.74) is 7.11. The van der Waals surface area contributed by atoms with Gasteiger partial charge >= 0.3 is 0 Å². The minimum atomic E-state index is 0.576. The van der Waals surface area contributed by atoms with Crippen LogP contribution in [-0.4, -0.2) is 0 Å². The van der Waals surface area contributed by atoms with Gasteiger partial charge in [-0.05, 0) is 69.9 Å². The SMILES string of the molecule is C=C1C=C(CCCCC)C(C)C=C1C/C=C(\C)CCC=C(C)C. The maximum absolute atomic E-state index is 4.29. The van der Waals surface area contributed by atoms with E-state index in [4.69, 9.17) is 0 Å². The van der Waals surface area contributed by atoms with Crippen molar-refractivity contribution in [3.05, 3.63) is 58.7 Å². The Morgan fingerprint density at radius 2 is 1.91 bits per heavy atom. The van der Waals surface area contributed by atoms with Gasteiger partial charge in [0, 0.05) is 0 Å². The summed E-state index contributed by atoms with van der Waals surface area (Å²) in [7, 11) is 0. The predicted octanol–water partition coefficient (Wildman–Crippen LogP) is 7.71. The molecule has 0 fully saturated rings. The standard InChI is InChI=1S/C23H36/c1-7-8-9-13-22-16-21(6)23(17-20(22)5)15-14-19(4)12-10-11-18(2)3/h11,14,16-17,20H,6-10,12-13,15H2,1-5H3/b19-14+. The lowest BCUT2D eigenvalue weighted by Crippen LogP contribution is -2.05. The van der Waals surface area contributed by atoms with E-state index in [2.05, 4.69) is 65.5 Å². The van der Waals surface area contributed by atoms with Crippen LogP contribution in [0, 0.1) is 5.92 Å². The summed E-state index contributed by atoms with van der Waals surface area (Å²) >= 11 is 0. The van der Waals surface area contributed by atoms with Gasteiger partial charge in [-0.25, -0.2) is 0 Å². The summed E-state index contributed by atoms with van der Waals surface area (Å²) in [5, 5.41) is 0. The number of rotatable bonds is 9. The first-order valence-electron chi connectivity index (χ1n) is 9.33. The smallest absolute Gasteiger partial charge is 0.00422 e.